The molecule has 2 N–H and O–H groups in total. The molecular weight excluding hydrogens is 166 g/mol. The van der Waals surface area contributed by atoms with E-state index in [1.165, 1.54) is 0 Å². The molecule has 0 aromatic heterocycles. The predicted molar refractivity (Wildman–Crippen MR) is 53.3 cm³/mol. The van der Waals surface area contributed by atoms with Gasteiger partial charge in [-0.05, 0) is 26.2 Å². The SMILES string of the molecule is CC(C)(COC(C)(C)C)CC(N)=O. The molecule has 0 rings (SSSR count). The molecule has 0 aliphatic rings. The molecular formula is C10H21NO2. The standard InChI is InChI=1S/C10H21NO2/c1-9(2,3)13-7-10(4,5)6-8(11)12/h6-7H2,1-5H3,(H2,11,12). The first-order valence-electron chi connectivity index (χ1n) is 4.55. The Balaban J connectivity index is 3.96. The summed E-state index contributed by atoms with van der Waals surface area (Å²) in [4.78, 5) is 10.7. The summed E-state index contributed by atoms with van der Waals surface area (Å²) in [5.74, 6) is -0.275. The molecule has 0 aromatic carbocycles. The number of carbonyl (C=O) groups excluding carboxylic acids is 1. The van der Waals surface area contributed by atoms with E-state index in [1.807, 2.05) is 34.6 Å². The summed E-state index contributed by atoms with van der Waals surface area (Å²) >= 11 is 0. The topological polar surface area (TPSA) is 52.3 Å². The molecule has 0 atom stereocenters. The molecule has 3 nitrogen and oxygen atoms in total. The van der Waals surface area contributed by atoms with E-state index in [-0.39, 0.29) is 16.9 Å². The second-order valence-corrected chi connectivity index (χ2v) is 5.21. The van der Waals surface area contributed by atoms with E-state index < -0.39 is 0 Å². The number of ether oxygens (including phenoxy) is 1. The van der Waals surface area contributed by atoms with E-state index in [2.05, 4.69) is 0 Å². The Kier molecular flexibility index (Phi) is 3.91. The molecule has 3 heteroatoms. The number of nitrogens with two attached hydrogens (primary N) is 1. The summed E-state index contributed by atoms with van der Waals surface area (Å²) in [5.41, 5.74) is 4.80. The van der Waals surface area contributed by atoms with Gasteiger partial charge in [0.05, 0.1) is 12.2 Å². The average Bonchev–Trinajstić information content (AvgIpc) is 1.79. The minimum absolute atomic E-state index is 0.158. The van der Waals surface area contributed by atoms with E-state index in [9.17, 15) is 4.79 Å². The van der Waals surface area contributed by atoms with Crippen LogP contribution in [0.4, 0.5) is 0 Å². The van der Waals surface area contributed by atoms with Crippen molar-refractivity contribution in [2.24, 2.45) is 11.1 Å². The van der Waals surface area contributed by atoms with Crippen LogP contribution in [0.25, 0.3) is 0 Å². The molecule has 1 amide bonds. The van der Waals surface area contributed by atoms with Crippen LogP contribution in [0.3, 0.4) is 0 Å². The van der Waals surface area contributed by atoms with Crippen molar-refractivity contribution >= 4 is 5.91 Å². The molecule has 0 unspecified atom stereocenters. The van der Waals surface area contributed by atoms with E-state index in [4.69, 9.17) is 10.5 Å². The van der Waals surface area contributed by atoms with Gasteiger partial charge in [-0.1, -0.05) is 13.8 Å². The van der Waals surface area contributed by atoms with Gasteiger partial charge < -0.3 is 10.5 Å². The monoisotopic (exact) mass is 187 g/mol. The number of carbonyl (C=O) groups is 1. The van der Waals surface area contributed by atoms with Gasteiger partial charge in [0.15, 0.2) is 0 Å². The van der Waals surface area contributed by atoms with Crippen molar-refractivity contribution in [1.29, 1.82) is 0 Å². The van der Waals surface area contributed by atoms with Crippen molar-refractivity contribution in [3.63, 3.8) is 0 Å². The third kappa shape index (κ3) is 7.78. The molecule has 0 bridgehead atoms. The molecule has 0 fully saturated rings. The first-order chi connectivity index (χ1) is 5.62. The van der Waals surface area contributed by atoms with Crippen molar-refractivity contribution < 1.29 is 9.53 Å². The van der Waals surface area contributed by atoms with Crippen LogP contribution in [0.2, 0.25) is 0 Å². The quantitative estimate of drug-likeness (QED) is 0.728. The van der Waals surface area contributed by atoms with Gasteiger partial charge in [-0.15, -0.1) is 0 Å². The van der Waals surface area contributed by atoms with Crippen LogP contribution < -0.4 is 5.73 Å². The van der Waals surface area contributed by atoms with E-state index >= 15 is 0 Å². The number of amides is 1. The Hall–Kier alpha value is -0.570. The first-order valence-corrected chi connectivity index (χ1v) is 4.55. The summed E-state index contributed by atoms with van der Waals surface area (Å²) in [5, 5.41) is 0. The van der Waals surface area contributed by atoms with Gasteiger partial charge in [0.25, 0.3) is 0 Å². The molecule has 13 heavy (non-hydrogen) atoms. The average molecular weight is 187 g/mol. The van der Waals surface area contributed by atoms with Crippen molar-refractivity contribution in [1.82, 2.24) is 0 Å². The van der Waals surface area contributed by atoms with E-state index in [0.717, 1.165) is 0 Å². The number of hydrogen-bond donors (Lipinski definition) is 1. The fraction of sp³-hybridized carbons (Fsp3) is 0.900. The maximum atomic E-state index is 10.7. The molecule has 0 saturated heterocycles. The highest BCUT2D eigenvalue weighted by molar-refractivity contribution is 5.74. The van der Waals surface area contributed by atoms with Crippen LogP contribution in [0.15, 0.2) is 0 Å². The smallest absolute Gasteiger partial charge is 0.218 e. The molecule has 0 heterocycles. The minimum atomic E-state index is -0.275. The second kappa shape index (κ2) is 4.09. The lowest BCUT2D eigenvalue weighted by Gasteiger charge is -2.28. The third-order valence-corrected chi connectivity index (χ3v) is 1.55. The minimum Gasteiger partial charge on any atom is -0.375 e. The van der Waals surface area contributed by atoms with Gasteiger partial charge in [0, 0.05) is 6.42 Å². The van der Waals surface area contributed by atoms with Gasteiger partial charge in [-0.3, -0.25) is 4.79 Å². The predicted octanol–water partition coefficient (Wildman–Crippen LogP) is 1.70. The van der Waals surface area contributed by atoms with Gasteiger partial charge in [-0.2, -0.15) is 0 Å². The zero-order valence-electron chi connectivity index (χ0n) is 9.31. The van der Waals surface area contributed by atoms with Gasteiger partial charge in [0.1, 0.15) is 0 Å². The molecule has 0 aromatic rings. The zero-order valence-corrected chi connectivity index (χ0v) is 9.31. The van der Waals surface area contributed by atoms with Crippen LogP contribution in [-0.4, -0.2) is 18.1 Å². The van der Waals surface area contributed by atoms with Crippen LogP contribution in [0, 0.1) is 5.41 Å². The molecule has 0 spiro atoms. The number of hydrogen-bond acceptors (Lipinski definition) is 2. The van der Waals surface area contributed by atoms with Gasteiger partial charge in [0.2, 0.25) is 5.91 Å². The van der Waals surface area contributed by atoms with Crippen molar-refractivity contribution in [2.75, 3.05) is 6.61 Å². The summed E-state index contributed by atoms with van der Waals surface area (Å²) in [6.07, 6.45) is 0.364. The maximum absolute atomic E-state index is 10.7. The second-order valence-electron chi connectivity index (χ2n) is 5.21. The fourth-order valence-corrected chi connectivity index (χ4v) is 0.935. The molecule has 78 valence electrons. The highest BCUT2D eigenvalue weighted by Gasteiger charge is 2.23. The van der Waals surface area contributed by atoms with Crippen LogP contribution in [0.1, 0.15) is 41.0 Å². The lowest BCUT2D eigenvalue weighted by Crippen LogP contribution is -2.31. The third-order valence-electron chi connectivity index (χ3n) is 1.55. The van der Waals surface area contributed by atoms with E-state index in [0.29, 0.717) is 13.0 Å². The zero-order chi connectivity index (χ0) is 10.7. The maximum Gasteiger partial charge on any atom is 0.218 e. The highest BCUT2D eigenvalue weighted by atomic mass is 16.5. The lowest BCUT2D eigenvalue weighted by molar-refractivity contribution is -0.122. The molecule has 0 radical (unpaired) electrons. The largest absolute Gasteiger partial charge is 0.375 e. The fourth-order valence-electron chi connectivity index (χ4n) is 0.935. The van der Waals surface area contributed by atoms with Crippen molar-refractivity contribution in [2.45, 2.75) is 46.6 Å². The Morgan fingerprint density at radius 3 is 2.00 bits per heavy atom. The normalized spacial score (nSPS) is 13.0. The molecule has 0 aliphatic carbocycles. The highest BCUT2D eigenvalue weighted by Crippen LogP contribution is 2.22. The van der Waals surface area contributed by atoms with Crippen LogP contribution in [-0.2, 0) is 9.53 Å². The summed E-state index contributed by atoms with van der Waals surface area (Å²) in [7, 11) is 0. The number of primary amides is 1. The Labute approximate surface area is 80.6 Å². The Morgan fingerprint density at radius 1 is 1.23 bits per heavy atom. The van der Waals surface area contributed by atoms with Gasteiger partial charge >= 0.3 is 0 Å². The van der Waals surface area contributed by atoms with E-state index in [1.54, 1.807) is 0 Å². The molecule has 0 aliphatic heterocycles. The van der Waals surface area contributed by atoms with Gasteiger partial charge in [-0.25, -0.2) is 0 Å². The number of rotatable bonds is 4. The van der Waals surface area contributed by atoms with Crippen molar-refractivity contribution in [3.8, 4) is 0 Å². The lowest BCUT2D eigenvalue weighted by atomic mass is 9.90. The first kappa shape index (κ1) is 12.4. The van der Waals surface area contributed by atoms with Crippen molar-refractivity contribution in [3.05, 3.63) is 0 Å². The Bertz CT molecular complexity index is 180. The Morgan fingerprint density at radius 2 is 1.69 bits per heavy atom. The van der Waals surface area contributed by atoms with Crippen LogP contribution in [0.5, 0.6) is 0 Å². The molecule has 0 saturated carbocycles. The van der Waals surface area contributed by atoms with Crippen LogP contribution >= 0.6 is 0 Å². The summed E-state index contributed by atoms with van der Waals surface area (Å²) in [6.45, 7) is 10.5. The summed E-state index contributed by atoms with van der Waals surface area (Å²) < 4.78 is 5.59. The summed E-state index contributed by atoms with van der Waals surface area (Å²) in [6, 6.07) is 0.